The minimum absolute atomic E-state index is 0.0230. The highest BCUT2D eigenvalue weighted by molar-refractivity contribution is 6.32. The van der Waals surface area contributed by atoms with Crippen LogP contribution in [0.5, 0.6) is 5.75 Å². The molecule has 1 atom stereocenters. The zero-order valence-electron chi connectivity index (χ0n) is 12.8. The number of rotatable bonds is 3. The lowest BCUT2D eigenvalue weighted by Gasteiger charge is -2.17. The van der Waals surface area contributed by atoms with E-state index in [1.54, 1.807) is 29.2 Å². The molecule has 2 aromatic carbocycles. The smallest absolute Gasteiger partial charge is 0.254 e. The van der Waals surface area contributed by atoms with Crippen LogP contribution in [-0.4, -0.2) is 45.4 Å². The molecule has 0 radical (unpaired) electrons. The number of hydrogen-bond acceptors (Lipinski definition) is 4. The van der Waals surface area contributed by atoms with Gasteiger partial charge in [0.05, 0.1) is 11.6 Å². The summed E-state index contributed by atoms with van der Waals surface area (Å²) in [6.45, 7) is 1.20. The number of likely N-dealkylation sites (tertiary alicyclic amines) is 1. The molecule has 1 saturated heterocycles. The normalized spacial score (nSPS) is 17.4. The molecule has 4 rings (SSSR count). The number of fused-ring (bicyclic) bond motifs is 1. The van der Waals surface area contributed by atoms with Crippen molar-refractivity contribution < 1.29 is 9.53 Å². The van der Waals surface area contributed by atoms with Gasteiger partial charge in [0.25, 0.3) is 5.91 Å². The Morgan fingerprint density at radius 2 is 2.04 bits per heavy atom. The molecular formula is C17H15ClN4O2. The van der Waals surface area contributed by atoms with E-state index in [0.29, 0.717) is 34.9 Å². The number of carbonyl (C=O) groups is 1. The predicted molar refractivity (Wildman–Crippen MR) is 90.3 cm³/mol. The van der Waals surface area contributed by atoms with E-state index in [2.05, 4.69) is 15.4 Å². The number of amides is 1. The first kappa shape index (κ1) is 15.0. The molecule has 1 aliphatic rings. The second kappa shape index (κ2) is 6.13. The van der Waals surface area contributed by atoms with Crippen LogP contribution in [0.1, 0.15) is 16.8 Å². The number of para-hydroxylation sites is 1. The second-order valence-electron chi connectivity index (χ2n) is 5.74. The van der Waals surface area contributed by atoms with Crippen LogP contribution in [0, 0.1) is 0 Å². The van der Waals surface area contributed by atoms with Crippen LogP contribution in [0.3, 0.4) is 0 Å². The van der Waals surface area contributed by atoms with Gasteiger partial charge in [0, 0.05) is 18.5 Å². The molecule has 1 fully saturated rings. The minimum Gasteiger partial charge on any atom is -0.487 e. The van der Waals surface area contributed by atoms with Gasteiger partial charge >= 0.3 is 0 Å². The average Bonchev–Trinajstić information content (AvgIpc) is 3.24. The van der Waals surface area contributed by atoms with Gasteiger partial charge in [-0.3, -0.25) is 4.79 Å². The molecule has 1 aromatic heterocycles. The third kappa shape index (κ3) is 2.80. The summed E-state index contributed by atoms with van der Waals surface area (Å²) in [5, 5.41) is 11.2. The van der Waals surface area contributed by atoms with Gasteiger partial charge < -0.3 is 9.64 Å². The molecule has 1 N–H and O–H groups in total. The number of hydrogen-bond donors (Lipinski definition) is 1. The van der Waals surface area contributed by atoms with Crippen molar-refractivity contribution in [3.05, 3.63) is 53.1 Å². The first-order chi connectivity index (χ1) is 11.7. The molecule has 122 valence electrons. The molecule has 0 unspecified atom stereocenters. The van der Waals surface area contributed by atoms with Gasteiger partial charge in [-0.25, -0.2) is 0 Å². The minimum atomic E-state index is -0.0513. The Bertz CT molecular complexity index is 895. The van der Waals surface area contributed by atoms with Crippen molar-refractivity contribution in [2.75, 3.05) is 13.1 Å². The van der Waals surface area contributed by atoms with Crippen LogP contribution >= 0.6 is 11.6 Å². The summed E-state index contributed by atoms with van der Waals surface area (Å²) in [7, 11) is 0. The fourth-order valence-corrected chi connectivity index (χ4v) is 3.06. The summed E-state index contributed by atoms with van der Waals surface area (Å²) in [6, 6.07) is 12.7. The third-order valence-corrected chi connectivity index (χ3v) is 4.44. The van der Waals surface area contributed by atoms with E-state index in [9.17, 15) is 4.79 Å². The Labute approximate surface area is 143 Å². The molecule has 2 heterocycles. The van der Waals surface area contributed by atoms with Gasteiger partial charge in [-0.15, -0.1) is 0 Å². The highest BCUT2D eigenvalue weighted by Crippen LogP contribution is 2.27. The molecule has 0 saturated carbocycles. The van der Waals surface area contributed by atoms with E-state index < -0.39 is 0 Å². The summed E-state index contributed by atoms with van der Waals surface area (Å²) < 4.78 is 5.93. The quantitative estimate of drug-likeness (QED) is 0.794. The lowest BCUT2D eigenvalue weighted by Crippen LogP contribution is -2.30. The number of halogens is 1. The standard InChI is InChI=1S/C17H15ClN4O2/c18-13-3-1-2-4-16(13)24-12-7-8-22(10-12)17(23)11-5-6-14-15(9-11)20-21-19-14/h1-6,9,12H,7-8,10H2,(H,19,20,21)/t12-/m0/s1. The van der Waals surface area contributed by atoms with Crippen molar-refractivity contribution in [2.45, 2.75) is 12.5 Å². The maximum Gasteiger partial charge on any atom is 0.254 e. The summed E-state index contributed by atoms with van der Waals surface area (Å²) >= 11 is 6.12. The Kier molecular flexibility index (Phi) is 3.82. The SMILES string of the molecule is O=C(c1ccc2n[nH]nc2c1)N1CC[C@H](Oc2ccccc2Cl)C1. The van der Waals surface area contributed by atoms with E-state index in [0.717, 1.165) is 11.9 Å². The number of benzene rings is 2. The summed E-state index contributed by atoms with van der Waals surface area (Å²) in [4.78, 5) is 14.5. The Balaban J connectivity index is 1.46. The number of ether oxygens (including phenoxy) is 1. The predicted octanol–water partition coefficient (Wildman–Crippen LogP) is 2.90. The van der Waals surface area contributed by atoms with Crippen LogP contribution in [0.25, 0.3) is 11.0 Å². The molecule has 6 nitrogen and oxygen atoms in total. The summed E-state index contributed by atoms with van der Waals surface area (Å²) in [6.07, 6.45) is 0.730. The first-order valence-electron chi connectivity index (χ1n) is 7.72. The van der Waals surface area contributed by atoms with E-state index >= 15 is 0 Å². The van der Waals surface area contributed by atoms with E-state index in [-0.39, 0.29) is 12.0 Å². The van der Waals surface area contributed by atoms with Crippen molar-refractivity contribution in [2.24, 2.45) is 0 Å². The van der Waals surface area contributed by atoms with Gasteiger partial charge in [0.2, 0.25) is 0 Å². The lowest BCUT2D eigenvalue weighted by atomic mass is 10.2. The monoisotopic (exact) mass is 342 g/mol. The first-order valence-corrected chi connectivity index (χ1v) is 8.09. The van der Waals surface area contributed by atoms with Crippen molar-refractivity contribution >= 4 is 28.5 Å². The highest BCUT2D eigenvalue weighted by atomic mass is 35.5. The zero-order valence-corrected chi connectivity index (χ0v) is 13.5. The van der Waals surface area contributed by atoms with Crippen molar-refractivity contribution in [3.63, 3.8) is 0 Å². The molecule has 1 aliphatic heterocycles. The third-order valence-electron chi connectivity index (χ3n) is 4.13. The molecule has 0 bridgehead atoms. The maximum atomic E-state index is 12.7. The Morgan fingerprint density at radius 3 is 2.92 bits per heavy atom. The number of nitrogens with zero attached hydrogens (tertiary/aromatic N) is 3. The molecular weight excluding hydrogens is 328 g/mol. The molecule has 1 amide bonds. The van der Waals surface area contributed by atoms with Crippen LogP contribution in [0.4, 0.5) is 0 Å². The van der Waals surface area contributed by atoms with Crippen LogP contribution in [-0.2, 0) is 0 Å². The number of aromatic nitrogens is 3. The maximum absolute atomic E-state index is 12.7. The van der Waals surface area contributed by atoms with Gasteiger partial charge in [0.1, 0.15) is 22.9 Å². The number of nitrogens with one attached hydrogen (secondary N) is 1. The molecule has 3 aromatic rings. The largest absolute Gasteiger partial charge is 0.487 e. The molecule has 7 heteroatoms. The van der Waals surface area contributed by atoms with Gasteiger partial charge in [-0.05, 0) is 30.3 Å². The summed E-state index contributed by atoms with van der Waals surface area (Å²) in [5.41, 5.74) is 2.03. The zero-order chi connectivity index (χ0) is 16.5. The van der Waals surface area contributed by atoms with Crippen LogP contribution < -0.4 is 4.74 Å². The second-order valence-corrected chi connectivity index (χ2v) is 6.14. The van der Waals surface area contributed by atoms with Gasteiger partial charge in [0.15, 0.2) is 0 Å². The average molecular weight is 343 g/mol. The fraction of sp³-hybridized carbons (Fsp3) is 0.235. The topological polar surface area (TPSA) is 71.1 Å². The fourth-order valence-electron chi connectivity index (χ4n) is 2.88. The number of carbonyl (C=O) groups excluding carboxylic acids is 1. The lowest BCUT2D eigenvalue weighted by molar-refractivity contribution is 0.0772. The number of aromatic amines is 1. The molecule has 24 heavy (non-hydrogen) atoms. The van der Waals surface area contributed by atoms with Gasteiger partial charge in [-0.2, -0.15) is 15.4 Å². The highest BCUT2D eigenvalue weighted by Gasteiger charge is 2.28. The Morgan fingerprint density at radius 1 is 1.21 bits per heavy atom. The number of H-pyrrole nitrogens is 1. The van der Waals surface area contributed by atoms with Gasteiger partial charge in [-0.1, -0.05) is 23.7 Å². The van der Waals surface area contributed by atoms with Crippen LogP contribution in [0.2, 0.25) is 5.02 Å². The van der Waals surface area contributed by atoms with E-state index in [4.69, 9.17) is 16.3 Å². The molecule has 0 spiro atoms. The van der Waals surface area contributed by atoms with Crippen molar-refractivity contribution in [1.82, 2.24) is 20.3 Å². The Hall–Kier alpha value is -2.60. The van der Waals surface area contributed by atoms with Crippen LogP contribution in [0.15, 0.2) is 42.5 Å². The summed E-state index contributed by atoms with van der Waals surface area (Å²) in [5.74, 6) is 0.632. The van der Waals surface area contributed by atoms with E-state index in [1.807, 2.05) is 18.2 Å². The van der Waals surface area contributed by atoms with Crippen molar-refractivity contribution in [3.8, 4) is 5.75 Å². The van der Waals surface area contributed by atoms with E-state index in [1.165, 1.54) is 0 Å². The van der Waals surface area contributed by atoms with Crippen molar-refractivity contribution in [1.29, 1.82) is 0 Å². The molecule has 0 aliphatic carbocycles.